The molecule has 1 aromatic heterocycles. The maximum atomic E-state index is 5.60. The minimum atomic E-state index is 0.491. The molecule has 3 nitrogen and oxygen atoms in total. The van der Waals surface area contributed by atoms with Gasteiger partial charge in [0.15, 0.2) is 0 Å². The van der Waals surface area contributed by atoms with E-state index in [1.807, 2.05) is 18.2 Å². The Morgan fingerprint density at radius 2 is 1.81 bits per heavy atom. The third-order valence-corrected chi connectivity index (χ3v) is 3.26. The molecule has 0 saturated carbocycles. The average Bonchev–Trinajstić information content (AvgIpc) is 2.22. The minimum Gasteiger partial charge on any atom is -0.438 e. The Bertz CT molecular complexity index is 519. The number of nitrogens with zero attached hydrogens (tertiary/aromatic N) is 2. The van der Waals surface area contributed by atoms with Crippen molar-refractivity contribution in [2.24, 2.45) is 0 Å². The summed E-state index contributed by atoms with van der Waals surface area (Å²) in [7, 11) is 0. The van der Waals surface area contributed by atoms with Crippen LogP contribution in [0, 0.1) is 0 Å². The zero-order valence-electron chi connectivity index (χ0n) is 7.82. The third kappa shape index (κ3) is 3.02. The molecule has 0 radical (unpaired) electrons. The number of halogens is 3. The molecule has 0 N–H and O–H groups in total. The Morgan fingerprint density at radius 3 is 2.50 bits per heavy atom. The summed E-state index contributed by atoms with van der Waals surface area (Å²) >= 11 is 10.0. The molecule has 6 heteroatoms. The smallest absolute Gasteiger partial charge is 0.223 e. The van der Waals surface area contributed by atoms with Crippen molar-refractivity contribution < 1.29 is 4.74 Å². The van der Waals surface area contributed by atoms with Gasteiger partial charge in [0.1, 0.15) is 16.7 Å². The molecule has 0 atom stereocenters. The first-order valence-electron chi connectivity index (χ1n) is 4.25. The van der Waals surface area contributed by atoms with E-state index in [-0.39, 0.29) is 0 Å². The first-order valence-corrected chi connectivity index (χ1v) is 6.63. The summed E-state index contributed by atoms with van der Waals surface area (Å²) in [6.07, 6.45) is 1.44. The summed E-state index contributed by atoms with van der Waals surface area (Å²) in [5.41, 5.74) is 0. The Balaban J connectivity index is 2.27. The highest BCUT2D eigenvalue weighted by Crippen LogP contribution is 2.31. The predicted octanol–water partition coefficient (Wildman–Crippen LogP) is 4.56. The minimum absolute atomic E-state index is 0.491. The lowest BCUT2D eigenvalue weighted by atomic mass is 10.3. The fourth-order valence-corrected chi connectivity index (χ4v) is 2.46. The zero-order chi connectivity index (χ0) is 11.5. The van der Waals surface area contributed by atoms with Gasteiger partial charge in [-0.05, 0) is 50.1 Å². The van der Waals surface area contributed by atoms with E-state index in [2.05, 4.69) is 57.8 Å². The van der Waals surface area contributed by atoms with Crippen molar-refractivity contribution in [2.75, 3.05) is 0 Å². The van der Waals surface area contributed by atoms with E-state index >= 15 is 0 Å². The molecule has 0 aliphatic heterocycles. The molecule has 0 bridgehead atoms. The second kappa shape index (κ2) is 5.25. The van der Waals surface area contributed by atoms with Crippen LogP contribution in [0.5, 0.6) is 11.6 Å². The second-order valence-electron chi connectivity index (χ2n) is 2.86. The van der Waals surface area contributed by atoms with Gasteiger partial charge in [0.25, 0.3) is 0 Å². The molecule has 0 aliphatic carbocycles. The molecule has 0 fully saturated rings. The highest BCUT2D eigenvalue weighted by Gasteiger charge is 2.04. The fourth-order valence-electron chi connectivity index (χ4n) is 1.04. The molecule has 1 heterocycles. The van der Waals surface area contributed by atoms with E-state index in [1.165, 1.54) is 6.33 Å². The highest BCUT2D eigenvalue weighted by atomic mass is 79.9. The molecule has 2 aromatic rings. The third-order valence-electron chi connectivity index (χ3n) is 1.72. The first-order chi connectivity index (χ1) is 7.65. The van der Waals surface area contributed by atoms with Crippen LogP contribution in [0.2, 0.25) is 0 Å². The molecule has 82 valence electrons. The van der Waals surface area contributed by atoms with Crippen LogP contribution in [0.15, 0.2) is 44.1 Å². The van der Waals surface area contributed by atoms with E-state index in [0.717, 1.165) is 8.95 Å². The SMILES string of the molecule is Brc1ccc(Oc2cc(Br)ncn2)c(Br)c1. The van der Waals surface area contributed by atoms with Crippen molar-refractivity contribution in [3.63, 3.8) is 0 Å². The Labute approximate surface area is 118 Å². The topological polar surface area (TPSA) is 35.0 Å². The number of ether oxygens (including phenoxy) is 1. The van der Waals surface area contributed by atoms with Gasteiger partial charge in [0, 0.05) is 10.5 Å². The van der Waals surface area contributed by atoms with Crippen LogP contribution in [-0.4, -0.2) is 9.97 Å². The van der Waals surface area contributed by atoms with Gasteiger partial charge in [0.2, 0.25) is 5.88 Å². The van der Waals surface area contributed by atoms with Gasteiger partial charge in [-0.1, -0.05) is 15.9 Å². The monoisotopic (exact) mass is 406 g/mol. The standard InChI is InChI=1S/C10H5Br3N2O/c11-6-1-2-8(7(12)3-6)16-10-4-9(13)14-5-15-10/h1-5H. The van der Waals surface area contributed by atoms with Crippen molar-refractivity contribution in [1.29, 1.82) is 0 Å². The summed E-state index contributed by atoms with van der Waals surface area (Å²) in [5, 5.41) is 0. The Kier molecular flexibility index (Phi) is 3.94. The lowest BCUT2D eigenvalue weighted by Gasteiger charge is -2.06. The quantitative estimate of drug-likeness (QED) is 0.683. The summed E-state index contributed by atoms with van der Waals surface area (Å²) < 4.78 is 8.12. The number of rotatable bonds is 2. The molecule has 0 aliphatic rings. The molecule has 16 heavy (non-hydrogen) atoms. The Morgan fingerprint density at radius 1 is 1.00 bits per heavy atom. The van der Waals surface area contributed by atoms with Gasteiger partial charge in [-0.3, -0.25) is 0 Å². The Hall–Kier alpha value is -0.460. The summed E-state index contributed by atoms with van der Waals surface area (Å²) in [6, 6.07) is 7.36. The molecule has 0 amide bonds. The number of hydrogen-bond donors (Lipinski definition) is 0. The van der Waals surface area contributed by atoms with Gasteiger partial charge in [0.05, 0.1) is 4.47 Å². The van der Waals surface area contributed by atoms with Crippen LogP contribution < -0.4 is 4.74 Å². The molecule has 0 saturated heterocycles. The van der Waals surface area contributed by atoms with Crippen LogP contribution in [0.1, 0.15) is 0 Å². The van der Waals surface area contributed by atoms with E-state index in [9.17, 15) is 0 Å². The van der Waals surface area contributed by atoms with Crippen LogP contribution >= 0.6 is 47.8 Å². The average molecular weight is 409 g/mol. The summed E-state index contributed by atoms with van der Waals surface area (Å²) in [5.74, 6) is 1.19. The van der Waals surface area contributed by atoms with Crippen LogP contribution in [-0.2, 0) is 0 Å². The van der Waals surface area contributed by atoms with Crippen molar-refractivity contribution in [3.8, 4) is 11.6 Å². The molecule has 2 rings (SSSR count). The van der Waals surface area contributed by atoms with Gasteiger partial charge >= 0.3 is 0 Å². The van der Waals surface area contributed by atoms with Crippen molar-refractivity contribution in [3.05, 3.63) is 44.1 Å². The van der Waals surface area contributed by atoms with Crippen LogP contribution in [0.4, 0.5) is 0 Å². The van der Waals surface area contributed by atoms with E-state index in [1.54, 1.807) is 6.07 Å². The van der Waals surface area contributed by atoms with E-state index < -0.39 is 0 Å². The predicted molar refractivity (Wildman–Crippen MR) is 71.6 cm³/mol. The van der Waals surface area contributed by atoms with Gasteiger partial charge < -0.3 is 4.74 Å². The number of benzene rings is 1. The lowest BCUT2D eigenvalue weighted by molar-refractivity contribution is 0.458. The largest absolute Gasteiger partial charge is 0.438 e. The maximum Gasteiger partial charge on any atom is 0.223 e. The van der Waals surface area contributed by atoms with E-state index in [0.29, 0.717) is 16.2 Å². The van der Waals surface area contributed by atoms with Gasteiger partial charge in [-0.25, -0.2) is 9.97 Å². The van der Waals surface area contributed by atoms with Crippen molar-refractivity contribution in [2.45, 2.75) is 0 Å². The van der Waals surface area contributed by atoms with Crippen molar-refractivity contribution in [1.82, 2.24) is 9.97 Å². The van der Waals surface area contributed by atoms with Crippen molar-refractivity contribution >= 4 is 47.8 Å². The van der Waals surface area contributed by atoms with Gasteiger partial charge in [-0.2, -0.15) is 0 Å². The van der Waals surface area contributed by atoms with Crippen LogP contribution in [0.25, 0.3) is 0 Å². The van der Waals surface area contributed by atoms with Crippen LogP contribution in [0.3, 0.4) is 0 Å². The molecule has 0 unspecified atom stereocenters. The first kappa shape index (κ1) is 12.0. The highest BCUT2D eigenvalue weighted by molar-refractivity contribution is 9.11. The second-order valence-corrected chi connectivity index (χ2v) is 5.44. The normalized spacial score (nSPS) is 10.2. The number of aromatic nitrogens is 2. The molecule has 1 aromatic carbocycles. The lowest BCUT2D eigenvalue weighted by Crippen LogP contribution is -1.89. The maximum absolute atomic E-state index is 5.60. The summed E-state index contributed by atoms with van der Waals surface area (Å²) in [6.45, 7) is 0. The zero-order valence-corrected chi connectivity index (χ0v) is 12.6. The van der Waals surface area contributed by atoms with E-state index in [4.69, 9.17) is 4.74 Å². The molecular weight excluding hydrogens is 404 g/mol. The fraction of sp³-hybridized carbons (Fsp3) is 0. The number of hydrogen-bond acceptors (Lipinski definition) is 3. The van der Waals surface area contributed by atoms with Gasteiger partial charge in [-0.15, -0.1) is 0 Å². The summed E-state index contributed by atoms with van der Waals surface area (Å²) in [4.78, 5) is 7.93. The molecular formula is C10H5Br3N2O. The molecule has 0 spiro atoms.